The summed E-state index contributed by atoms with van der Waals surface area (Å²) in [7, 11) is -0.968. The van der Waals surface area contributed by atoms with Crippen molar-refractivity contribution in [2.45, 2.75) is 20.8 Å². The molecule has 2 heteroatoms. The molecule has 0 fully saturated rings. The third-order valence-electron chi connectivity index (χ3n) is 4.24. The molecule has 0 aromatic heterocycles. The molecule has 0 saturated carbocycles. The van der Waals surface area contributed by atoms with E-state index in [1.54, 1.807) is 0 Å². The molecule has 3 aromatic rings. The van der Waals surface area contributed by atoms with Crippen molar-refractivity contribution >= 4 is 23.8 Å². The smallest absolute Gasteiger partial charge is 0.0617 e. The molecule has 0 aliphatic carbocycles. The van der Waals surface area contributed by atoms with E-state index in [0.717, 1.165) is 0 Å². The summed E-state index contributed by atoms with van der Waals surface area (Å²) in [6.07, 6.45) is 0. The Morgan fingerprint density at radius 3 is 1.00 bits per heavy atom. The van der Waals surface area contributed by atoms with Gasteiger partial charge in [-0.3, -0.25) is 0 Å². The van der Waals surface area contributed by atoms with Crippen LogP contribution in [0, 0.1) is 20.8 Å². The van der Waals surface area contributed by atoms with Gasteiger partial charge in [-0.25, -0.2) is 0 Å². The second kappa shape index (κ2) is 8.08. The first-order valence-corrected chi connectivity index (χ1v) is 9.23. The topological polar surface area (TPSA) is 0 Å². The summed E-state index contributed by atoms with van der Waals surface area (Å²) < 4.78 is 0. The zero-order valence-electron chi connectivity index (χ0n) is 13.7. The van der Waals surface area contributed by atoms with Gasteiger partial charge in [-0.15, -0.1) is 0 Å². The molecule has 0 aliphatic rings. The summed E-state index contributed by atoms with van der Waals surface area (Å²) in [6.45, 7) is 6.70. The summed E-state index contributed by atoms with van der Waals surface area (Å²) in [5.41, 5.74) is 4.17. The molecule has 3 aromatic carbocycles. The van der Waals surface area contributed by atoms with E-state index in [4.69, 9.17) is 0 Å². The van der Waals surface area contributed by atoms with E-state index in [0.29, 0.717) is 0 Å². The van der Waals surface area contributed by atoms with E-state index in [1.165, 1.54) is 32.6 Å². The standard InChI is InChI=1S/C21H21P.Au/c1-16-10-4-7-13-19(16)22(20-14-8-5-11-17(20)2)21-15-9-6-12-18(21)3;/h4-15H,1-3H3;/p+1. The molecule has 0 spiro atoms. The average Bonchev–Trinajstić information content (AvgIpc) is 2.53. The zero-order chi connectivity index (χ0) is 15.5. The van der Waals surface area contributed by atoms with Crippen molar-refractivity contribution in [2.24, 2.45) is 0 Å². The van der Waals surface area contributed by atoms with Crippen molar-refractivity contribution in [1.29, 1.82) is 0 Å². The quantitative estimate of drug-likeness (QED) is 0.374. The van der Waals surface area contributed by atoms with Crippen molar-refractivity contribution in [1.82, 2.24) is 0 Å². The van der Waals surface area contributed by atoms with Gasteiger partial charge in [0, 0.05) is 22.4 Å². The minimum absolute atomic E-state index is 0. The Morgan fingerprint density at radius 2 is 0.739 bits per heavy atom. The van der Waals surface area contributed by atoms with Crippen molar-refractivity contribution in [3.63, 3.8) is 0 Å². The van der Waals surface area contributed by atoms with Gasteiger partial charge in [-0.2, -0.15) is 0 Å². The predicted octanol–water partition coefficient (Wildman–Crippen LogP) is 4.10. The van der Waals surface area contributed by atoms with Gasteiger partial charge in [-0.1, -0.05) is 54.6 Å². The Bertz CT molecular complexity index is 687. The first-order valence-electron chi connectivity index (χ1n) is 7.73. The Morgan fingerprint density at radius 1 is 0.478 bits per heavy atom. The van der Waals surface area contributed by atoms with Crippen molar-refractivity contribution in [3.05, 3.63) is 89.5 Å². The SMILES string of the molecule is Cc1ccccc1[PH+](c1ccccc1C)c1ccccc1C.[Au]. The normalized spacial score (nSPS) is 10.4. The monoisotopic (exact) mass is 502 g/mol. The fourth-order valence-electron chi connectivity index (χ4n) is 3.00. The molecular formula is C21H22AuP+. The molecule has 0 nitrogen and oxygen atoms in total. The third-order valence-corrected chi connectivity index (χ3v) is 7.54. The van der Waals surface area contributed by atoms with Crippen LogP contribution < -0.4 is 15.9 Å². The number of benzene rings is 3. The Balaban J connectivity index is 0.00000192. The fraction of sp³-hybridized carbons (Fsp3) is 0.143. The van der Waals surface area contributed by atoms with Gasteiger partial charge in [0.25, 0.3) is 0 Å². The maximum Gasteiger partial charge on any atom is 0.105 e. The molecule has 0 N–H and O–H groups in total. The van der Waals surface area contributed by atoms with Gasteiger partial charge >= 0.3 is 0 Å². The van der Waals surface area contributed by atoms with Crippen LogP contribution in [0.4, 0.5) is 0 Å². The van der Waals surface area contributed by atoms with Gasteiger partial charge in [0.15, 0.2) is 0 Å². The summed E-state index contributed by atoms with van der Waals surface area (Å²) in [5, 5.41) is 4.49. The Labute approximate surface area is 156 Å². The van der Waals surface area contributed by atoms with Crippen LogP contribution in [0.15, 0.2) is 72.8 Å². The third kappa shape index (κ3) is 3.84. The molecule has 0 unspecified atom stereocenters. The molecular weight excluding hydrogens is 480 g/mol. The van der Waals surface area contributed by atoms with E-state index in [1.807, 2.05) is 0 Å². The molecule has 0 saturated heterocycles. The first kappa shape index (κ1) is 18.2. The maximum atomic E-state index is 2.31. The fourth-order valence-corrected chi connectivity index (χ4v) is 6.09. The predicted molar refractivity (Wildman–Crippen MR) is 101 cm³/mol. The Kier molecular flexibility index (Phi) is 6.39. The van der Waals surface area contributed by atoms with Gasteiger partial charge in [0.2, 0.25) is 0 Å². The molecule has 3 rings (SSSR count). The van der Waals surface area contributed by atoms with Crippen LogP contribution in [0.25, 0.3) is 0 Å². The molecule has 121 valence electrons. The van der Waals surface area contributed by atoms with Crippen LogP contribution in [0.2, 0.25) is 0 Å². The van der Waals surface area contributed by atoms with E-state index in [2.05, 4.69) is 93.6 Å². The molecule has 0 aliphatic heterocycles. The summed E-state index contributed by atoms with van der Waals surface area (Å²) in [6, 6.07) is 26.5. The number of aryl methyl sites for hydroxylation is 3. The van der Waals surface area contributed by atoms with E-state index >= 15 is 0 Å². The summed E-state index contributed by atoms with van der Waals surface area (Å²) >= 11 is 0. The molecule has 1 radical (unpaired) electrons. The summed E-state index contributed by atoms with van der Waals surface area (Å²) in [5.74, 6) is 0. The molecule has 0 heterocycles. The van der Waals surface area contributed by atoms with Crippen molar-refractivity contribution < 1.29 is 22.4 Å². The second-order valence-electron chi connectivity index (χ2n) is 5.82. The zero-order valence-corrected chi connectivity index (χ0v) is 16.9. The number of hydrogen-bond donors (Lipinski definition) is 0. The minimum Gasteiger partial charge on any atom is -0.0617 e. The van der Waals surface area contributed by atoms with Crippen LogP contribution in [0.5, 0.6) is 0 Å². The van der Waals surface area contributed by atoms with E-state index < -0.39 is 7.92 Å². The van der Waals surface area contributed by atoms with Crippen molar-refractivity contribution in [3.8, 4) is 0 Å². The molecule has 0 bridgehead atoms. The molecule has 23 heavy (non-hydrogen) atoms. The Hall–Kier alpha value is -1.17. The number of rotatable bonds is 3. The largest absolute Gasteiger partial charge is 0.105 e. The minimum atomic E-state index is -0.968. The van der Waals surface area contributed by atoms with Gasteiger partial charge in [-0.05, 0) is 55.7 Å². The van der Waals surface area contributed by atoms with Crippen LogP contribution in [-0.4, -0.2) is 0 Å². The van der Waals surface area contributed by atoms with E-state index in [-0.39, 0.29) is 22.4 Å². The van der Waals surface area contributed by atoms with E-state index in [9.17, 15) is 0 Å². The maximum absolute atomic E-state index is 2.31. The van der Waals surface area contributed by atoms with Gasteiger partial charge in [0.05, 0.1) is 7.92 Å². The van der Waals surface area contributed by atoms with Crippen LogP contribution >= 0.6 is 7.92 Å². The molecule has 0 atom stereocenters. The van der Waals surface area contributed by atoms with Crippen molar-refractivity contribution in [2.75, 3.05) is 0 Å². The second-order valence-corrected chi connectivity index (χ2v) is 8.19. The molecule has 0 amide bonds. The van der Waals surface area contributed by atoms with Crippen LogP contribution in [-0.2, 0) is 22.4 Å². The van der Waals surface area contributed by atoms with Gasteiger partial charge in [0.1, 0.15) is 15.9 Å². The van der Waals surface area contributed by atoms with Crippen LogP contribution in [0.3, 0.4) is 0 Å². The summed E-state index contributed by atoms with van der Waals surface area (Å²) in [4.78, 5) is 0. The first-order chi connectivity index (χ1) is 10.7. The average molecular weight is 502 g/mol. The van der Waals surface area contributed by atoms with Gasteiger partial charge < -0.3 is 0 Å². The number of hydrogen-bond acceptors (Lipinski definition) is 0. The van der Waals surface area contributed by atoms with Crippen LogP contribution in [0.1, 0.15) is 16.7 Å².